The molecule has 0 unspecified atom stereocenters. The fourth-order valence-electron chi connectivity index (χ4n) is 2.43. The van der Waals surface area contributed by atoms with Gasteiger partial charge in [-0.3, -0.25) is 10.1 Å². The fraction of sp³-hybridized carbons (Fsp3) is 0.316. The van der Waals surface area contributed by atoms with Crippen molar-refractivity contribution in [3.05, 3.63) is 65.5 Å². The van der Waals surface area contributed by atoms with E-state index in [1.165, 1.54) is 11.6 Å². The molecule has 2 N–H and O–H groups in total. The molecule has 0 heterocycles. The van der Waals surface area contributed by atoms with Crippen LogP contribution in [0.5, 0.6) is 0 Å². The Balaban J connectivity index is 2.01. The number of rotatable bonds is 6. The molecule has 4 heteroatoms. The highest BCUT2D eigenvalue weighted by Gasteiger charge is 2.19. The molecule has 2 aromatic carbocycles. The van der Waals surface area contributed by atoms with Gasteiger partial charge in [0.05, 0.1) is 11.7 Å². The first-order valence-electron chi connectivity index (χ1n) is 7.89. The summed E-state index contributed by atoms with van der Waals surface area (Å²) < 4.78 is 13.6. The molecule has 2 rings (SSSR count). The van der Waals surface area contributed by atoms with Crippen molar-refractivity contribution in [1.29, 1.82) is 0 Å². The summed E-state index contributed by atoms with van der Waals surface area (Å²) in [6, 6.07) is 14.1. The molecule has 0 radical (unpaired) electrons. The lowest BCUT2D eigenvalue weighted by molar-refractivity contribution is -0.118. The number of hydrogen-bond acceptors (Lipinski definition) is 2. The van der Waals surface area contributed by atoms with E-state index in [0.717, 1.165) is 12.0 Å². The van der Waals surface area contributed by atoms with Gasteiger partial charge in [0.2, 0.25) is 5.91 Å². The number of halogens is 1. The third-order valence-corrected chi connectivity index (χ3v) is 3.86. The molecule has 2 aromatic rings. The Kier molecular flexibility index (Phi) is 5.88. The quantitative estimate of drug-likeness (QED) is 0.839. The Hall–Kier alpha value is -2.20. The third-order valence-electron chi connectivity index (χ3n) is 3.86. The summed E-state index contributed by atoms with van der Waals surface area (Å²) in [5, 5.41) is 5.93. The second-order valence-electron chi connectivity index (χ2n) is 5.73. The van der Waals surface area contributed by atoms with Crippen LogP contribution in [0.15, 0.2) is 48.5 Å². The van der Waals surface area contributed by atoms with Crippen molar-refractivity contribution in [2.45, 2.75) is 39.3 Å². The molecule has 23 heavy (non-hydrogen) atoms. The first-order valence-corrected chi connectivity index (χ1v) is 7.89. The summed E-state index contributed by atoms with van der Waals surface area (Å²) in [5.74, 6) is -0.681. The van der Waals surface area contributed by atoms with Gasteiger partial charge in [0, 0.05) is 6.04 Å². The number of amides is 1. The molecule has 0 aliphatic heterocycles. The lowest BCUT2D eigenvalue weighted by Crippen LogP contribution is -2.40. The predicted molar refractivity (Wildman–Crippen MR) is 91.8 cm³/mol. The maximum atomic E-state index is 13.6. The number of nitrogens with one attached hydrogen (secondary N) is 2. The number of benzene rings is 2. The van der Waals surface area contributed by atoms with E-state index in [4.69, 9.17) is 0 Å². The number of para-hydroxylation sites is 1. The van der Waals surface area contributed by atoms with Gasteiger partial charge in [0.1, 0.15) is 5.82 Å². The highest BCUT2D eigenvalue weighted by Crippen LogP contribution is 2.18. The Morgan fingerprint density at radius 1 is 1.13 bits per heavy atom. The van der Waals surface area contributed by atoms with Crippen LogP contribution in [0.2, 0.25) is 0 Å². The summed E-state index contributed by atoms with van der Waals surface area (Å²) in [4.78, 5) is 12.3. The van der Waals surface area contributed by atoms with E-state index in [0.29, 0.717) is 0 Å². The van der Waals surface area contributed by atoms with Crippen LogP contribution in [0.25, 0.3) is 0 Å². The topological polar surface area (TPSA) is 41.1 Å². The van der Waals surface area contributed by atoms with Gasteiger partial charge in [-0.1, -0.05) is 48.9 Å². The van der Waals surface area contributed by atoms with E-state index in [1.54, 1.807) is 25.1 Å². The Bertz CT molecular complexity index is 655. The van der Waals surface area contributed by atoms with E-state index in [1.807, 2.05) is 6.92 Å². The third kappa shape index (κ3) is 4.63. The minimum Gasteiger partial charge on any atom is -0.322 e. The van der Waals surface area contributed by atoms with Crippen molar-refractivity contribution < 1.29 is 9.18 Å². The predicted octanol–water partition coefficient (Wildman–Crippen LogP) is 4.20. The normalized spacial score (nSPS) is 13.4. The summed E-state index contributed by atoms with van der Waals surface area (Å²) in [6.07, 6.45) is 0.861. The van der Waals surface area contributed by atoms with E-state index in [9.17, 15) is 9.18 Å². The average Bonchev–Trinajstić information content (AvgIpc) is 2.55. The molecule has 0 fully saturated rings. The molecule has 0 aromatic heterocycles. The smallest absolute Gasteiger partial charge is 0.241 e. The average molecular weight is 314 g/mol. The van der Waals surface area contributed by atoms with Gasteiger partial charge in [-0.05, 0) is 38.0 Å². The van der Waals surface area contributed by atoms with Crippen LogP contribution in [0, 0.1) is 12.7 Å². The van der Waals surface area contributed by atoms with E-state index < -0.39 is 11.9 Å². The first-order chi connectivity index (χ1) is 11.0. The van der Waals surface area contributed by atoms with Crippen molar-refractivity contribution in [2.75, 3.05) is 5.32 Å². The van der Waals surface area contributed by atoms with Crippen molar-refractivity contribution in [2.24, 2.45) is 0 Å². The maximum Gasteiger partial charge on any atom is 0.241 e. The maximum absolute atomic E-state index is 13.6. The summed E-state index contributed by atoms with van der Waals surface area (Å²) in [6.45, 7) is 5.90. The molecule has 122 valence electrons. The standard InChI is InChI=1S/C19H23FN2O/c1-4-17(15-11-9-13(2)10-12-15)21-14(3)19(23)22-18-8-6-5-7-16(18)20/h5-12,14,17,21H,4H2,1-3H3,(H,22,23)/t14-,17+/m0/s1. The number of anilines is 1. The summed E-state index contributed by atoms with van der Waals surface area (Å²) in [7, 11) is 0. The molecule has 0 bridgehead atoms. The van der Waals surface area contributed by atoms with Gasteiger partial charge in [0.15, 0.2) is 0 Å². The SMILES string of the molecule is CC[C@@H](N[C@@H](C)C(=O)Nc1ccccc1F)c1ccc(C)cc1. The van der Waals surface area contributed by atoms with E-state index in [-0.39, 0.29) is 17.6 Å². The molecule has 1 amide bonds. The Labute approximate surface area is 136 Å². The van der Waals surface area contributed by atoms with Crippen LogP contribution in [-0.2, 0) is 4.79 Å². The van der Waals surface area contributed by atoms with Crippen LogP contribution in [0.1, 0.15) is 37.4 Å². The zero-order valence-corrected chi connectivity index (χ0v) is 13.8. The molecule has 0 saturated carbocycles. The number of carbonyl (C=O) groups is 1. The van der Waals surface area contributed by atoms with Crippen LogP contribution >= 0.6 is 0 Å². The molecular weight excluding hydrogens is 291 g/mol. The van der Waals surface area contributed by atoms with Crippen LogP contribution in [0.4, 0.5) is 10.1 Å². The van der Waals surface area contributed by atoms with Crippen LogP contribution < -0.4 is 10.6 Å². The zero-order chi connectivity index (χ0) is 16.8. The zero-order valence-electron chi connectivity index (χ0n) is 13.8. The number of hydrogen-bond donors (Lipinski definition) is 2. The fourth-order valence-corrected chi connectivity index (χ4v) is 2.43. The largest absolute Gasteiger partial charge is 0.322 e. The molecular formula is C19H23FN2O. The minimum absolute atomic E-state index is 0.0805. The van der Waals surface area contributed by atoms with Crippen LogP contribution in [-0.4, -0.2) is 11.9 Å². The minimum atomic E-state index is -0.432. The van der Waals surface area contributed by atoms with Gasteiger partial charge in [-0.25, -0.2) is 4.39 Å². The highest BCUT2D eigenvalue weighted by atomic mass is 19.1. The van der Waals surface area contributed by atoms with Crippen molar-refractivity contribution in [1.82, 2.24) is 5.32 Å². The summed E-state index contributed by atoms with van der Waals surface area (Å²) >= 11 is 0. The monoisotopic (exact) mass is 314 g/mol. The number of aryl methyl sites for hydroxylation is 1. The van der Waals surface area contributed by atoms with Crippen LogP contribution in [0.3, 0.4) is 0 Å². The molecule has 0 aliphatic carbocycles. The molecule has 0 aliphatic rings. The molecule has 0 saturated heterocycles. The molecule has 2 atom stereocenters. The van der Waals surface area contributed by atoms with Gasteiger partial charge >= 0.3 is 0 Å². The Morgan fingerprint density at radius 2 is 1.78 bits per heavy atom. The van der Waals surface area contributed by atoms with Gasteiger partial charge < -0.3 is 5.32 Å². The van der Waals surface area contributed by atoms with Crippen molar-refractivity contribution in [3.63, 3.8) is 0 Å². The lowest BCUT2D eigenvalue weighted by Gasteiger charge is -2.22. The van der Waals surface area contributed by atoms with Gasteiger partial charge in [0.25, 0.3) is 0 Å². The second kappa shape index (κ2) is 7.88. The van der Waals surface area contributed by atoms with Crippen molar-refractivity contribution >= 4 is 11.6 Å². The molecule has 3 nitrogen and oxygen atoms in total. The van der Waals surface area contributed by atoms with Gasteiger partial charge in [-0.15, -0.1) is 0 Å². The highest BCUT2D eigenvalue weighted by molar-refractivity contribution is 5.94. The van der Waals surface area contributed by atoms with E-state index in [2.05, 4.69) is 41.8 Å². The second-order valence-corrected chi connectivity index (χ2v) is 5.73. The Morgan fingerprint density at radius 3 is 2.39 bits per heavy atom. The lowest BCUT2D eigenvalue weighted by atomic mass is 10.0. The molecule has 0 spiro atoms. The van der Waals surface area contributed by atoms with E-state index >= 15 is 0 Å². The summed E-state index contributed by atoms with van der Waals surface area (Å²) in [5.41, 5.74) is 2.55. The van der Waals surface area contributed by atoms with Crippen molar-refractivity contribution in [3.8, 4) is 0 Å². The number of carbonyl (C=O) groups excluding carboxylic acids is 1. The first kappa shape index (κ1) is 17.2. The van der Waals surface area contributed by atoms with Gasteiger partial charge in [-0.2, -0.15) is 0 Å².